The SMILES string of the molecule is O=C1C[C@@]2(CCN(c3nc(-c4ccccc4)ccc3C(=O)O)C2)C(=O)N1. The number of imide groups is 1. The number of aromatic nitrogens is 1. The second kappa shape index (κ2) is 5.94. The monoisotopic (exact) mass is 351 g/mol. The molecule has 2 saturated heterocycles. The van der Waals surface area contributed by atoms with E-state index in [1.807, 2.05) is 30.3 Å². The van der Waals surface area contributed by atoms with Crippen molar-refractivity contribution in [3.05, 3.63) is 48.0 Å². The Labute approximate surface area is 149 Å². The summed E-state index contributed by atoms with van der Waals surface area (Å²) in [7, 11) is 0. The zero-order valence-electron chi connectivity index (χ0n) is 13.9. The fraction of sp³-hybridized carbons (Fsp3) is 0.263. The molecular formula is C19H17N3O4. The number of anilines is 1. The van der Waals surface area contributed by atoms with E-state index in [4.69, 9.17) is 0 Å². The Bertz CT molecular complexity index is 912. The molecule has 0 bridgehead atoms. The van der Waals surface area contributed by atoms with E-state index in [0.717, 1.165) is 5.56 Å². The Morgan fingerprint density at radius 2 is 1.92 bits per heavy atom. The highest BCUT2D eigenvalue weighted by atomic mass is 16.4. The van der Waals surface area contributed by atoms with Crippen molar-refractivity contribution in [1.82, 2.24) is 10.3 Å². The summed E-state index contributed by atoms with van der Waals surface area (Å²) in [6.07, 6.45) is 0.643. The summed E-state index contributed by atoms with van der Waals surface area (Å²) in [4.78, 5) is 41.8. The van der Waals surface area contributed by atoms with Gasteiger partial charge in [-0.3, -0.25) is 14.9 Å². The number of rotatable bonds is 3. The molecule has 2 N–H and O–H groups in total. The van der Waals surface area contributed by atoms with Crippen molar-refractivity contribution in [1.29, 1.82) is 0 Å². The molecule has 0 unspecified atom stereocenters. The minimum Gasteiger partial charge on any atom is -0.478 e. The van der Waals surface area contributed by atoms with E-state index in [1.54, 1.807) is 11.0 Å². The van der Waals surface area contributed by atoms with Crippen LogP contribution in [0, 0.1) is 5.41 Å². The van der Waals surface area contributed by atoms with Gasteiger partial charge in [0, 0.05) is 25.1 Å². The quantitative estimate of drug-likeness (QED) is 0.817. The standard InChI is InChI=1S/C19H17N3O4/c23-15-10-19(18(26)21-15)8-9-22(11-19)16-13(17(24)25)6-7-14(20-16)12-4-2-1-3-5-12/h1-7H,8-11H2,(H,24,25)(H,21,23,26)/t19-/m1/s1. The van der Waals surface area contributed by atoms with E-state index < -0.39 is 11.4 Å². The molecule has 2 fully saturated rings. The molecule has 1 spiro atoms. The van der Waals surface area contributed by atoms with Crippen LogP contribution in [-0.2, 0) is 9.59 Å². The van der Waals surface area contributed by atoms with Crippen molar-refractivity contribution < 1.29 is 19.5 Å². The highest BCUT2D eigenvalue weighted by Crippen LogP contribution is 2.40. The summed E-state index contributed by atoms with van der Waals surface area (Å²) in [5.74, 6) is -1.29. The van der Waals surface area contributed by atoms with Crippen molar-refractivity contribution in [2.24, 2.45) is 5.41 Å². The topological polar surface area (TPSA) is 99.6 Å². The lowest BCUT2D eigenvalue weighted by atomic mass is 9.85. The van der Waals surface area contributed by atoms with Gasteiger partial charge in [0.15, 0.2) is 0 Å². The largest absolute Gasteiger partial charge is 0.478 e. The maximum Gasteiger partial charge on any atom is 0.339 e. The van der Waals surface area contributed by atoms with Crippen LogP contribution in [0.4, 0.5) is 5.82 Å². The average Bonchev–Trinajstić information content (AvgIpc) is 3.18. The van der Waals surface area contributed by atoms with Crippen LogP contribution in [-0.4, -0.2) is 41.0 Å². The fourth-order valence-electron chi connectivity index (χ4n) is 3.70. The van der Waals surface area contributed by atoms with Crippen LogP contribution in [0.25, 0.3) is 11.3 Å². The third kappa shape index (κ3) is 2.61. The second-order valence-electron chi connectivity index (χ2n) is 6.74. The molecule has 7 heteroatoms. The molecule has 2 amide bonds. The Hall–Kier alpha value is -3.22. The first-order valence-corrected chi connectivity index (χ1v) is 8.37. The van der Waals surface area contributed by atoms with Gasteiger partial charge in [-0.15, -0.1) is 0 Å². The van der Waals surface area contributed by atoms with Crippen LogP contribution in [0.15, 0.2) is 42.5 Å². The van der Waals surface area contributed by atoms with Gasteiger partial charge in [-0.1, -0.05) is 30.3 Å². The molecule has 132 valence electrons. The van der Waals surface area contributed by atoms with E-state index in [0.29, 0.717) is 24.5 Å². The minimum absolute atomic E-state index is 0.0893. The number of carboxylic acids is 1. The molecule has 3 heterocycles. The molecule has 0 radical (unpaired) electrons. The number of aromatic carboxylic acids is 1. The molecule has 1 aromatic carbocycles. The summed E-state index contributed by atoms with van der Waals surface area (Å²) in [6.45, 7) is 0.766. The van der Waals surface area contributed by atoms with E-state index >= 15 is 0 Å². The maximum absolute atomic E-state index is 12.2. The van der Waals surface area contributed by atoms with Gasteiger partial charge in [-0.05, 0) is 18.6 Å². The molecule has 7 nitrogen and oxygen atoms in total. The Morgan fingerprint density at radius 3 is 2.58 bits per heavy atom. The van der Waals surface area contributed by atoms with Crippen molar-refractivity contribution in [2.45, 2.75) is 12.8 Å². The lowest BCUT2D eigenvalue weighted by molar-refractivity contribution is -0.128. The number of pyridine rings is 1. The molecule has 0 aliphatic carbocycles. The molecule has 0 saturated carbocycles. The first-order chi connectivity index (χ1) is 12.5. The number of nitrogens with one attached hydrogen (secondary N) is 1. The Balaban J connectivity index is 1.72. The van der Waals surface area contributed by atoms with Gasteiger partial charge < -0.3 is 10.0 Å². The van der Waals surface area contributed by atoms with Crippen LogP contribution < -0.4 is 10.2 Å². The zero-order valence-corrected chi connectivity index (χ0v) is 13.9. The molecule has 4 rings (SSSR count). The molecule has 2 aliphatic rings. The maximum atomic E-state index is 12.2. The Kier molecular flexibility index (Phi) is 3.72. The highest BCUT2D eigenvalue weighted by molar-refractivity contribution is 6.06. The summed E-state index contributed by atoms with van der Waals surface area (Å²) >= 11 is 0. The van der Waals surface area contributed by atoms with Crippen LogP contribution in [0.5, 0.6) is 0 Å². The normalized spacial score (nSPS) is 22.1. The van der Waals surface area contributed by atoms with Crippen LogP contribution in [0.2, 0.25) is 0 Å². The predicted octanol–water partition coefficient (Wildman–Crippen LogP) is 1.69. The minimum atomic E-state index is -1.07. The van der Waals surface area contributed by atoms with Crippen molar-refractivity contribution in [2.75, 3.05) is 18.0 Å². The predicted molar refractivity (Wildman–Crippen MR) is 93.7 cm³/mol. The van der Waals surface area contributed by atoms with Gasteiger partial charge in [0.1, 0.15) is 11.4 Å². The van der Waals surface area contributed by atoms with Crippen molar-refractivity contribution in [3.63, 3.8) is 0 Å². The van der Waals surface area contributed by atoms with E-state index in [9.17, 15) is 19.5 Å². The average molecular weight is 351 g/mol. The first-order valence-electron chi connectivity index (χ1n) is 8.37. The molecule has 26 heavy (non-hydrogen) atoms. The number of hydrogen-bond acceptors (Lipinski definition) is 5. The molecule has 1 aromatic heterocycles. The summed E-state index contributed by atoms with van der Waals surface area (Å²) in [6, 6.07) is 12.7. The summed E-state index contributed by atoms with van der Waals surface area (Å²) in [5, 5.41) is 11.9. The van der Waals surface area contributed by atoms with Gasteiger partial charge in [0.25, 0.3) is 0 Å². The van der Waals surface area contributed by atoms with E-state index in [2.05, 4.69) is 10.3 Å². The highest BCUT2D eigenvalue weighted by Gasteiger charge is 2.51. The lowest BCUT2D eigenvalue weighted by Crippen LogP contribution is -2.35. The molecular weight excluding hydrogens is 334 g/mol. The number of hydrogen-bond donors (Lipinski definition) is 2. The van der Waals surface area contributed by atoms with E-state index in [-0.39, 0.29) is 30.3 Å². The molecule has 2 aromatic rings. The number of nitrogens with zero attached hydrogens (tertiary/aromatic N) is 2. The number of carbonyl (C=O) groups excluding carboxylic acids is 2. The summed E-state index contributed by atoms with van der Waals surface area (Å²) in [5.41, 5.74) is 0.857. The van der Waals surface area contributed by atoms with Gasteiger partial charge in [-0.2, -0.15) is 0 Å². The van der Waals surface area contributed by atoms with Crippen LogP contribution in [0.1, 0.15) is 23.2 Å². The first kappa shape index (κ1) is 16.3. The molecule has 1 atom stereocenters. The second-order valence-corrected chi connectivity index (χ2v) is 6.74. The molecule has 2 aliphatic heterocycles. The number of amides is 2. The fourth-order valence-corrected chi connectivity index (χ4v) is 3.70. The number of benzene rings is 1. The summed E-state index contributed by atoms with van der Waals surface area (Å²) < 4.78 is 0. The van der Waals surface area contributed by atoms with Gasteiger partial charge in [-0.25, -0.2) is 9.78 Å². The van der Waals surface area contributed by atoms with Crippen LogP contribution >= 0.6 is 0 Å². The number of carbonyl (C=O) groups is 3. The zero-order chi connectivity index (χ0) is 18.3. The lowest BCUT2D eigenvalue weighted by Gasteiger charge is -2.23. The smallest absolute Gasteiger partial charge is 0.339 e. The van der Waals surface area contributed by atoms with Gasteiger partial charge in [0.2, 0.25) is 11.8 Å². The third-order valence-corrected chi connectivity index (χ3v) is 5.06. The van der Waals surface area contributed by atoms with Crippen molar-refractivity contribution >= 4 is 23.6 Å². The van der Waals surface area contributed by atoms with Crippen molar-refractivity contribution in [3.8, 4) is 11.3 Å². The van der Waals surface area contributed by atoms with Gasteiger partial charge in [0.05, 0.1) is 11.1 Å². The van der Waals surface area contributed by atoms with Gasteiger partial charge >= 0.3 is 5.97 Å². The van der Waals surface area contributed by atoms with E-state index in [1.165, 1.54) is 6.07 Å². The van der Waals surface area contributed by atoms with Crippen LogP contribution in [0.3, 0.4) is 0 Å². The number of carboxylic acid groups (broad SMARTS) is 1. The third-order valence-electron chi connectivity index (χ3n) is 5.06. The Morgan fingerprint density at radius 1 is 1.15 bits per heavy atom.